The normalized spacial score (nSPS) is 11.4. The van der Waals surface area contributed by atoms with Gasteiger partial charge < -0.3 is 15.1 Å². The largest absolute Gasteiger partial charge is 0.444 e. The van der Waals surface area contributed by atoms with Crippen molar-refractivity contribution in [2.75, 3.05) is 7.05 Å². The van der Waals surface area contributed by atoms with Crippen LogP contribution in [0.4, 0.5) is 0 Å². The molecule has 0 amide bonds. The lowest BCUT2D eigenvalue weighted by atomic mass is 10.2. The second kappa shape index (κ2) is 8.48. The van der Waals surface area contributed by atoms with Crippen LogP contribution >= 0.6 is 15.9 Å². The van der Waals surface area contributed by atoms with Crippen LogP contribution in [0.1, 0.15) is 11.3 Å². The Bertz CT molecular complexity index is 845. The highest BCUT2D eigenvalue weighted by Gasteiger charge is 2.07. The number of hydrogen-bond donors (Lipinski definition) is 2. The predicted molar refractivity (Wildman–Crippen MR) is 103 cm³/mol. The number of hydrogen-bond acceptors (Lipinski definition) is 3. The van der Waals surface area contributed by atoms with Crippen LogP contribution in [0.25, 0.3) is 11.5 Å². The summed E-state index contributed by atoms with van der Waals surface area (Å²) in [6.07, 6.45) is 1.66. The van der Waals surface area contributed by atoms with Gasteiger partial charge in [0.05, 0.1) is 12.2 Å². The molecule has 3 rings (SSSR count). The molecular formula is C19H19BrN4O. The van der Waals surface area contributed by atoms with E-state index < -0.39 is 0 Å². The van der Waals surface area contributed by atoms with Gasteiger partial charge in [0.1, 0.15) is 6.26 Å². The average molecular weight is 399 g/mol. The van der Waals surface area contributed by atoms with Gasteiger partial charge in [0.2, 0.25) is 5.89 Å². The van der Waals surface area contributed by atoms with Crippen LogP contribution in [0, 0.1) is 0 Å². The molecule has 1 aromatic heterocycles. The molecule has 25 heavy (non-hydrogen) atoms. The Morgan fingerprint density at radius 3 is 2.64 bits per heavy atom. The summed E-state index contributed by atoms with van der Waals surface area (Å²) in [5.74, 6) is 1.33. The van der Waals surface area contributed by atoms with Crippen molar-refractivity contribution >= 4 is 21.9 Å². The summed E-state index contributed by atoms with van der Waals surface area (Å²) >= 11 is 3.48. The van der Waals surface area contributed by atoms with Crippen molar-refractivity contribution in [1.29, 1.82) is 0 Å². The first kappa shape index (κ1) is 17.2. The van der Waals surface area contributed by atoms with Gasteiger partial charge in [-0.2, -0.15) is 0 Å². The Kier molecular flexibility index (Phi) is 5.85. The molecule has 0 saturated carbocycles. The van der Waals surface area contributed by atoms with Crippen molar-refractivity contribution in [2.24, 2.45) is 4.99 Å². The topological polar surface area (TPSA) is 62.5 Å². The zero-order valence-corrected chi connectivity index (χ0v) is 15.5. The van der Waals surface area contributed by atoms with E-state index in [1.807, 2.05) is 42.5 Å². The maximum Gasteiger partial charge on any atom is 0.226 e. The van der Waals surface area contributed by atoms with Gasteiger partial charge in [-0.15, -0.1) is 0 Å². The summed E-state index contributed by atoms with van der Waals surface area (Å²) < 4.78 is 6.60. The third kappa shape index (κ3) is 4.93. The van der Waals surface area contributed by atoms with Gasteiger partial charge in [-0.3, -0.25) is 4.99 Å². The van der Waals surface area contributed by atoms with Gasteiger partial charge in [-0.1, -0.05) is 46.3 Å². The van der Waals surface area contributed by atoms with Crippen LogP contribution in [0.5, 0.6) is 0 Å². The molecule has 1 heterocycles. The average Bonchev–Trinajstić information content (AvgIpc) is 3.12. The Balaban J connectivity index is 1.54. The first-order valence-electron chi connectivity index (χ1n) is 7.93. The Hall–Kier alpha value is -2.60. The van der Waals surface area contributed by atoms with Crippen LogP contribution in [-0.4, -0.2) is 18.0 Å². The summed E-state index contributed by atoms with van der Waals surface area (Å²) in [7, 11) is 1.74. The number of aliphatic imine (C=N–C) groups is 1. The van der Waals surface area contributed by atoms with E-state index in [2.05, 4.69) is 48.7 Å². The number of nitrogens with one attached hydrogen (secondary N) is 2. The van der Waals surface area contributed by atoms with Crippen LogP contribution in [0.15, 0.2) is 74.7 Å². The van der Waals surface area contributed by atoms with Crippen LogP contribution in [-0.2, 0) is 13.1 Å². The monoisotopic (exact) mass is 398 g/mol. The molecule has 0 radical (unpaired) electrons. The predicted octanol–water partition coefficient (Wildman–Crippen LogP) is 3.97. The number of nitrogens with zero attached hydrogens (tertiary/aromatic N) is 2. The Morgan fingerprint density at radius 1 is 1.08 bits per heavy atom. The van der Waals surface area contributed by atoms with E-state index >= 15 is 0 Å². The van der Waals surface area contributed by atoms with E-state index in [1.54, 1.807) is 13.3 Å². The minimum atomic E-state index is 0.536. The molecule has 0 saturated heterocycles. The lowest BCUT2D eigenvalue weighted by Crippen LogP contribution is -2.36. The van der Waals surface area contributed by atoms with E-state index in [9.17, 15) is 0 Å². The Labute approximate surface area is 155 Å². The molecule has 128 valence electrons. The van der Waals surface area contributed by atoms with Gasteiger partial charge in [-0.25, -0.2) is 4.98 Å². The summed E-state index contributed by atoms with van der Waals surface area (Å²) in [6.45, 7) is 1.22. The fraction of sp³-hybridized carbons (Fsp3) is 0.158. The van der Waals surface area contributed by atoms with Gasteiger partial charge in [-0.05, 0) is 29.8 Å². The van der Waals surface area contributed by atoms with Crippen molar-refractivity contribution in [3.05, 3.63) is 76.6 Å². The number of oxazole rings is 1. The van der Waals surface area contributed by atoms with Gasteiger partial charge >= 0.3 is 0 Å². The number of rotatable bonds is 5. The van der Waals surface area contributed by atoms with Gasteiger partial charge in [0, 0.05) is 23.6 Å². The van der Waals surface area contributed by atoms with Crippen molar-refractivity contribution < 1.29 is 4.42 Å². The zero-order chi connectivity index (χ0) is 17.5. The number of aromatic nitrogens is 1. The zero-order valence-electron chi connectivity index (χ0n) is 13.9. The molecule has 0 spiro atoms. The highest BCUT2D eigenvalue weighted by Crippen LogP contribution is 2.17. The van der Waals surface area contributed by atoms with E-state index in [0.717, 1.165) is 15.7 Å². The van der Waals surface area contributed by atoms with E-state index in [-0.39, 0.29) is 0 Å². The molecule has 0 aliphatic rings. The van der Waals surface area contributed by atoms with E-state index in [4.69, 9.17) is 4.42 Å². The van der Waals surface area contributed by atoms with Crippen molar-refractivity contribution in [3.8, 4) is 11.5 Å². The highest BCUT2D eigenvalue weighted by atomic mass is 79.9. The SMILES string of the molecule is CN=C(NCc1cccc(Br)c1)NCc1coc(-c2ccccc2)n1. The van der Waals surface area contributed by atoms with Gasteiger partial charge in [0.15, 0.2) is 5.96 Å². The van der Waals surface area contributed by atoms with Crippen LogP contribution < -0.4 is 10.6 Å². The van der Waals surface area contributed by atoms with Crippen LogP contribution in [0.3, 0.4) is 0 Å². The molecule has 0 aliphatic carbocycles. The van der Waals surface area contributed by atoms with Gasteiger partial charge in [0.25, 0.3) is 0 Å². The third-order valence-corrected chi connectivity index (χ3v) is 4.08. The summed E-state index contributed by atoms with van der Waals surface area (Å²) in [4.78, 5) is 8.73. The minimum Gasteiger partial charge on any atom is -0.444 e. The van der Waals surface area contributed by atoms with Crippen molar-refractivity contribution in [3.63, 3.8) is 0 Å². The number of benzene rings is 2. The molecule has 3 aromatic rings. The molecule has 0 bridgehead atoms. The third-order valence-electron chi connectivity index (χ3n) is 3.58. The second-order valence-electron chi connectivity index (χ2n) is 5.42. The lowest BCUT2D eigenvalue weighted by molar-refractivity contribution is 0.572. The molecule has 5 nitrogen and oxygen atoms in total. The van der Waals surface area contributed by atoms with Crippen LogP contribution in [0.2, 0.25) is 0 Å². The van der Waals surface area contributed by atoms with E-state index in [0.29, 0.717) is 24.9 Å². The van der Waals surface area contributed by atoms with E-state index in [1.165, 1.54) is 5.56 Å². The molecular weight excluding hydrogens is 380 g/mol. The smallest absolute Gasteiger partial charge is 0.226 e. The standard InChI is InChI=1S/C19H19BrN4O/c1-21-19(22-11-14-6-5-9-16(20)10-14)23-12-17-13-25-18(24-17)15-7-3-2-4-8-15/h2-10,13H,11-12H2,1H3,(H2,21,22,23). The lowest BCUT2D eigenvalue weighted by Gasteiger charge is -2.11. The molecule has 2 aromatic carbocycles. The molecule has 0 unspecified atom stereocenters. The maximum absolute atomic E-state index is 5.54. The number of guanidine groups is 1. The quantitative estimate of drug-likeness (QED) is 0.504. The second-order valence-corrected chi connectivity index (χ2v) is 6.33. The molecule has 0 aliphatic heterocycles. The molecule has 0 fully saturated rings. The Morgan fingerprint density at radius 2 is 1.88 bits per heavy atom. The first-order valence-corrected chi connectivity index (χ1v) is 8.72. The number of halogens is 1. The molecule has 2 N–H and O–H groups in total. The summed E-state index contributed by atoms with van der Waals surface area (Å²) in [6, 6.07) is 18.0. The summed E-state index contributed by atoms with van der Waals surface area (Å²) in [5, 5.41) is 6.52. The fourth-order valence-electron chi connectivity index (χ4n) is 2.33. The first-order chi connectivity index (χ1) is 12.2. The van der Waals surface area contributed by atoms with Crippen molar-refractivity contribution in [2.45, 2.75) is 13.1 Å². The van der Waals surface area contributed by atoms with Crippen molar-refractivity contribution in [1.82, 2.24) is 15.6 Å². The maximum atomic E-state index is 5.54. The molecule has 6 heteroatoms. The molecule has 0 atom stereocenters. The highest BCUT2D eigenvalue weighted by molar-refractivity contribution is 9.10. The summed E-state index contributed by atoms with van der Waals surface area (Å²) in [5.41, 5.74) is 2.96. The fourth-order valence-corrected chi connectivity index (χ4v) is 2.78. The minimum absolute atomic E-state index is 0.536.